The summed E-state index contributed by atoms with van der Waals surface area (Å²) >= 11 is 11.9. The zero-order chi connectivity index (χ0) is 12.8. The second kappa shape index (κ2) is 6.76. The minimum Gasteiger partial charge on any atom is -0.297 e. The van der Waals surface area contributed by atoms with Crippen molar-refractivity contribution in [2.45, 2.75) is 13.2 Å². The molecule has 0 spiro atoms. The van der Waals surface area contributed by atoms with Crippen LogP contribution in [0.25, 0.3) is 0 Å². The third-order valence-electron chi connectivity index (χ3n) is 2.45. The van der Waals surface area contributed by atoms with Crippen molar-refractivity contribution in [2.75, 3.05) is 0 Å². The van der Waals surface area contributed by atoms with E-state index in [0.29, 0.717) is 23.2 Å². The van der Waals surface area contributed by atoms with E-state index in [4.69, 9.17) is 28.0 Å². The molecule has 0 saturated carbocycles. The van der Waals surface area contributed by atoms with E-state index in [1.807, 2.05) is 36.4 Å². The topological polar surface area (TPSA) is 21.3 Å². The van der Waals surface area contributed by atoms with Crippen LogP contribution in [0.2, 0.25) is 10.0 Å². The molecule has 0 fully saturated rings. The van der Waals surface area contributed by atoms with Crippen LogP contribution in [0.1, 0.15) is 11.1 Å². The lowest BCUT2D eigenvalue weighted by atomic mass is 10.2. The van der Waals surface area contributed by atoms with Gasteiger partial charge in [0, 0.05) is 16.6 Å². The predicted octanol–water partition coefficient (Wildman–Crippen LogP) is 4.21. The summed E-state index contributed by atoms with van der Waals surface area (Å²) in [6, 6.07) is 15.3. The lowest BCUT2D eigenvalue weighted by Gasteiger charge is -2.08. The lowest BCUT2D eigenvalue weighted by molar-refractivity contribution is 0.0235. The summed E-state index contributed by atoms with van der Waals surface area (Å²) in [7, 11) is 0. The number of hydrogen-bond acceptors (Lipinski definition) is 2. The molecule has 0 radical (unpaired) electrons. The van der Waals surface area contributed by atoms with Crippen LogP contribution in [0.15, 0.2) is 48.5 Å². The Balaban J connectivity index is 1.80. The highest BCUT2D eigenvalue weighted by Gasteiger charge is 2.01. The first-order valence-electron chi connectivity index (χ1n) is 5.58. The summed E-state index contributed by atoms with van der Waals surface area (Å²) in [5.41, 5.74) is 4.90. The third kappa shape index (κ3) is 4.00. The van der Waals surface area contributed by atoms with Crippen molar-refractivity contribution in [3.05, 3.63) is 69.7 Å². The molecule has 0 unspecified atom stereocenters. The first-order valence-corrected chi connectivity index (χ1v) is 6.34. The van der Waals surface area contributed by atoms with Gasteiger partial charge in [-0.3, -0.25) is 4.84 Å². The number of rotatable bonds is 5. The van der Waals surface area contributed by atoms with Gasteiger partial charge in [-0.15, -0.1) is 0 Å². The van der Waals surface area contributed by atoms with Crippen LogP contribution in [0, 0.1) is 0 Å². The molecular formula is C14H13Cl2NO. The maximum Gasteiger partial charge on any atom is 0.0933 e. The highest BCUT2D eigenvalue weighted by atomic mass is 35.5. The van der Waals surface area contributed by atoms with E-state index in [2.05, 4.69) is 5.48 Å². The maximum atomic E-state index is 6.04. The van der Waals surface area contributed by atoms with Gasteiger partial charge in [-0.25, -0.2) is 0 Å². The van der Waals surface area contributed by atoms with E-state index < -0.39 is 0 Å². The second-order valence-electron chi connectivity index (χ2n) is 3.83. The number of nitrogens with one attached hydrogen (secondary N) is 1. The van der Waals surface area contributed by atoms with Crippen molar-refractivity contribution >= 4 is 23.2 Å². The van der Waals surface area contributed by atoms with Crippen LogP contribution in [-0.2, 0) is 18.0 Å². The van der Waals surface area contributed by atoms with Crippen LogP contribution in [0.4, 0.5) is 0 Å². The van der Waals surface area contributed by atoms with E-state index in [1.165, 1.54) is 0 Å². The molecule has 0 bridgehead atoms. The van der Waals surface area contributed by atoms with Crippen LogP contribution in [-0.4, -0.2) is 0 Å². The molecule has 18 heavy (non-hydrogen) atoms. The smallest absolute Gasteiger partial charge is 0.0933 e. The van der Waals surface area contributed by atoms with E-state index in [1.54, 1.807) is 12.1 Å². The molecule has 0 atom stereocenters. The van der Waals surface area contributed by atoms with Gasteiger partial charge in [0.15, 0.2) is 0 Å². The molecule has 0 heterocycles. The van der Waals surface area contributed by atoms with E-state index in [-0.39, 0.29) is 0 Å². The predicted molar refractivity (Wildman–Crippen MR) is 74.5 cm³/mol. The van der Waals surface area contributed by atoms with Gasteiger partial charge in [-0.05, 0) is 29.3 Å². The number of hydrogen-bond donors (Lipinski definition) is 1. The molecule has 0 aliphatic heterocycles. The summed E-state index contributed by atoms with van der Waals surface area (Å²) in [6.45, 7) is 1.03. The molecule has 2 aromatic rings. The van der Waals surface area contributed by atoms with Crippen molar-refractivity contribution in [1.82, 2.24) is 5.48 Å². The van der Waals surface area contributed by atoms with Gasteiger partial charge < -0.3 is 0 Å². The van der Waals surface area contributed by atoms with Crippen LogP contribution >= 0.6 is 23.2 Å². The van der Waals surface area contributed by atoms with E-state index in [0.717, 1.165) is 11.1 Å². The summed E-state index contributed by atoms with van der Waals surface area (Å²) in [4.78, 5) is 5.37. The molecule has 0 aliphatic rings. The molecular weight excluding hydrogens is 269 g/mol. The summed E-state index contributed by atoms with van der Waals surface area (Å²) in [6.07, 6.45) is 0. The van der Waals surface area contributed by atoms with E-state index >= 15 is 0 Å². The first-order chi connectivity index (χ1) is 8.75. The normalized spacial score (nSPS) is 10.6. The quantitative estimate of drug-likeness (QED) is 0.655. The number of hydroxylamine groups is 1. The average Bonchev–Trinajstić information content (AvgIpc) is 2.40. The highest BCUT2D eigenvalue weighted by molar-refractivity contribution is 6.33. The highest BCUT2D eigenvalue weighted by Crippen LogP contribution is 2.20. The summed E-state index contributed by atoms with van der Waals surface area (Å²) in [5.74, 6) is 0. The minimum atomic E-state index is 0.513. The largest absolute Gasteiger partial charge is 0.297 e. The molecule has 94 valence electrons. The fourth-order valence-electron chi connectivity index (χ4n) is 1.52. The maximum absolute atomic E-state index is 6.04. The van der Waals surface area contributed by atoms with E-state index in [9.17, 15) is 0 Å². The molecule has 2 rings (SSSR count). The molecule has 0 saturated heterocycles. The molecule has 0 amide bonds. The monoisotopic (exact) mass is 281 g/mol. The Morgan fingerprint density at radius 3 is 2.56 bits per heavy atom. The van der Waals surface area contributed by atoms with Gasteiger partial charge in [0.25, 0.3) is 0 Å². The van der Waals surface area contributed by atoms with Gasteiger partial charge in [0.05, 0.1) is 6.61 Å². The van der Waals surface area contributed by atoms with Crippen molar-refractivity contribution in [3.8, 4) is 0 Å². The number of benzene rings is 2. The molecule has 0 aromatic heterocycles. The molecule has 2 nitrogen and oxygen atoms in total. The van der Waals surface area contributed by atoms with Gasteiger partial charge in [-0.2, -0.15) is 5.48 Å². The summed E-state index contributed by atoms with van der Waals surface area (Å²) in [5, 5.41) is 1.34. The lowest BCUT2D eigenvalue weighted by Crippen LogP contribution is -2.14. The van der Waals surface area contributed by atoms with Crippen molar-refractivity contribution in [2.24, 2.45) is 0 Å². The Morgan fingerprint density at radius 2 is 1.78 bits per heavy atom. The third-order valence-corrected chi connectivity index (χ3v) is 3.06. The molecule has 1 N–H and O–H groups in total. The number of halogens is 2. The van der Waals surface area contributed by atoms with Gasteiger partial charge in [-0.1, -0.05) is 53.5 Å². The Labute approximate surface area is 116 Å². The van der Waals surface area contributed by atoms with Crippen molar-refractivity contribution < 1.29 is 4.84 Å². The van der Waals surface area contributed by atoms with Crippen LogP contribution < -0.4 is 5.48 Å². The Kier molecular flexibility index (Phi) is 5.02. The molecule has 4 heteroatoms. The fraction of sp³-hybridized carbons (Fsp3) is 0.143. The summed E-state index contributed by atoms with van der Waals surface area (Å²) < 4.78 is 0. The average molecular weight is 282 g/mol. The Bertz CT molecular complexity index is 502. The van der Waals surface area contributed by atoms with Gasteiger partial charge in [0.2, 0.25) is 0 Å². The SMILES string of the molecule is Clc1ccc(Cl)c(CNOCc2ccccc2)c1. The van der Waals surface area contributed by atoms with Crippen LogP contribution in [0.3, 0.4) is 0 Å². The Morgan fingerprint density at radius 1 is 1.00 bits per heavy atom. The Hall–Kier alpha value is -1.06. The zero-order valence-electron chi connectivity index (χ0n) is 9.70. The zero-order valence-corrected chi connectivity index (χ0v) is 11.2. The first kappa shape index (κ1) is 13.4. The fourth-order valence-corrected chi connectivity index (χ4v) is 1.90. The van der Waals surface area contributed by atoms with Gasteiger partial charge >= 0.3 is 0 Å². The van der Waals surface area contributed by atoms with Crippen LogP contribution in [0.5, 0.6) is 0 Å². The minimum absolute atomic E-state index is 0.513. The second-order valence-corrected chi connectivity index (χ2v) is 4.67. The van der Waals surface area contributed by atoms with Crippen molar-refractivity contribution in [1.29, 1.82) is 0 Å². The van der Waals surface area contributed by atoms with Gasteiger partial charge in [0.1, 0.15) is 0 Å². The van der Waals surface area contributed by atoms with Crippen molar-refractivity contribution in [3.63, 3.8) is 0 Å². The standard InChI is InChI=1S/C14H13Cl2NO/c15-13-6-7-14(16)12(8-13)9-17-18-10-11-4-2-1-3-5-11/h1-8,17H,9-10H2. The molecule has 0 aliphatic carbocycles. The molecule has 2 aromatic carbocycles.